The van der Waals surface area contributed by atoms with Crippen molar-refractivity contribution in [3.63, 3.8) is 0 Å². The van der Waals surface area contributed by atoms with E-state index in [9.17, 15) is 18.4 Å². The van der Waals surface area contributed by atoms with Gasteiger partial charge in [-0.1, -0.05) is 0 Å². The Labute approximate surface area is 89.9 Å². The van der Waals surface area contributed by atoms with Crippen molar-refractivity contribution in [2.24, 2.45) is 0 Å². The van der Waals surface area contributed by atoms with Gasteiger partial charge in [0.15, 0.2) is 0 Å². The molecule has 0 aliphatic rings. The molecule has 1 N–H and O–H groups in total. The van der Waals surface area contributed by atoms with Crippen LogP contribution in [0, 0.1) is 6.92 Å². The number of carboxylic acid groups (broad SMARTS) is 1. The number of ketones is 1. The maximum atomic E-state index is 12.5. The molecule has 4 nitrogen and oxygen atoms in total. The van der Waals surface area contributed by atoms with Crippen LogP contribution in [0.4, 0.5) is 8.78 Å². The molecule has 1 heterocycles. The molecule has 0 aliphatic heterocycles. The summed E-state index contributed by atoms with van der Waals surface area (Å²) in [7, 11) is 0. The third kappa shape index (κ3) is 2.82. The molecule has 0 saturated heterocycles. The van der Waals surface area contributed by atoms with Crippen LogP contribution in [0.1, 0.15) is 23.2 Å². The van der Waals surface area contributed by atoms with Gasteiger partial charge in [-0.05, 0) is 18.6 Å². The molecule has 0 bridgehead atoms. The average Bonchev–Trinajstić information content (AvgIpc) is 2.20. The van der Waals surface area contributed by atoms with Crippen molar-refractivity contribution in [3.05, 3.63) is 29.1 Å². The van der Waals surface area contributed by atoms with Crippen LogP contribution >= 0.6 is 0 Å². The summed E-state index contributed by atoms with van der Waals surface area (Å²) in [5, 5.41) is 8.36. The van der Waals surface area contributed by atoms with Crippen molar-refractivity contribution < 1.29 is 23.5 Å². The Morgan fingerprint density at radius 2 is 2.12 bits per heavy atom. The number of carbonyl (C=O) groups is 2. The van der Waals surface area contributed by atoms with Gasteiger partial charge >= 0.3 is 5.97 Å². The Morgan fingerprint density at radius 1 is 1.50 bits per heavy atom. The molecule has 1 aromatic heterocycles. The van der Waals surface area contributed by atoms with E-state index in [0.717, 1.165) is 6.07 Å². The van der Waals surface area contributed by atoms with Crippen molar-refractivity contribution in [1.29, 1.82) is 0 Å². The predicted molar refractivity (Wildman–Crippen MR) is 50.3 cm³/mol. The number of pyridine rings is 1. The fraction of sp³-hybridized carbons (Fsp3) is 0.300. The Morgan fingerprint density at radius 3 is 2.62 bits per heavy atom. The molecule has 0 radical (unpaired) electrons. The monoisotopic (exact) mass is 229 g/mol. The molecule has 86 valence electrons. The highest BCUT2D eigenvalue weighted by molar-refractivity contribution is 6.33. The van der Waals surface area contributed by atoms with Gasteiger partial charge < -0.3 is 5.11 Å². The number of aliphatic carboxylic acids is 1. The van der Waals surface area contributed by atoms with Gasteiger partial charge in [0.25, 0.3) is 6.43 Å². The Hall–Kier alpha value is -1.85. The van der Waals surface area contributed by atoms with Crippen molar-refractivity contribution in [2.45, 2.75) is 19.8 Å². The molecule has 0 unspecified atom stereocenters. The summed E-state index contributed by atoms with van der Waals surface area (Å²) in [4.78, 5) is 24.8. The lowest BCUT2D eigenvalue weighted by atomic mass is 10.1. The molecule has 0 fully saturated rings. The van der Waals surface area contributed by atoms with Gasteiger partial charge in [0.1, 0.15) is 0 Å². The number of aryl methyl sites for hydroxylation is 1. The summed E-state index contributed by atoms with van der Waals surface area (Å²) in [5.74, 6) is -2.63. The number of carbonyl (C=O) groups excluding carboxylic acids is 1. The van der Waals surface area contributed by atoms with Crippen molar-refractivity contribution >= 4 is 11.8 Å². The van der Waals surface area contributed by atoms with E-state index >= 15 is 0 Å². The average molecular weight is 229 g/mol. The van der Waals surface area contributed by atoms with Gasteiger partial charge in [0.2, 0.25) is 5.78 Å². The Kier molecular flexibility index (Phi) is 3.65. The zero-order valence-electron chi connectivity index (χ0n) is 8.41. The first-order valence-corrected chi connectivity index (χ1v) is 4.41. The lowest BCUT2D eigenvalue weighted by Gasteiger charge is -2.05. The van der Waals surface area contributed by atoms with E-state index in [1.807, 2.05) is 0 Å². The molecule has 16 heavy (non-hydrogen) atoms. The molecule has 0 aliphatic carbocycles. The van der Waals surface area contributed by atoms with E-state index in [4.69, 9.17) is 5.11 Å². The van der Waals surface area contributed by atoms with Crippen LogP contribution < -0.4 is 0 Å². The number of nitrogens with zero attached hydrogens (tertiary/aromatic N) is 1. The maximum Gasteiger partial charge on any atom is 0.372 e. The van der Waals surface area contributed by atoms with E-state index in [2.05, 4.69) is 4.98 Å². The van der Waals surface area contributed by atoms with Crippen LogP contribution in [0.2, 0.25) is 0 Å². The van der Waals surface area contributed by atoms with Gasteiger partial charge in [-0.25, -0.2) is 13.6 Å². The molecule has 0 spiro atoms. The minimum atomic E-state index is -2.69. The minimum absolute atomic E-state index is 0.168. The highest BCUT2D eigenvalue weighted by Crippen LogP contribution is 2.22. The molecule has 0 aromatic carbocycles. The highest BCUT2D eigenvalue weighted by atomic mass is 19.3. The van der Waals surface area contributed by atoms with Gasteiger partial charge in [-0.2, -0.15) is 0 Å². The minimum Gasteiger partial charge on any atom is -0.475 e. The second-order valence-electron chi connectivity index (χ2n) is 3.22. The standard InChI is InChI=1S/C10H9F2NO3/c1-5-7(9(11)12)2-6(4-13-5)3-8(14)10(15)16/h2,4,9H,3H2,1H3,(H,15,16). The lowest BCUT2D eigenvalue weighted by molar-refractivity contribution is -0.148. The molecular formula is C10H9F2NO3. The summed E-state index contributed by atoms with van der Waals surface area (Å²) < 4.78 is 24.9. The number of alkyl halides is 2. The van der Waals surface area contributed by atoms with Crippen LogP contribution in [0.5, 0.6) is 0 Å². The molecule has 6 heteroatoms. The SMILES string of the molecule is Cc1ncc(CC(=O)C(=O)O)cc1C(F)F. The fourth-order valence-corrected chi connectivity index (χ4v) is 1.17. The summed E-state index contributed by atoms with van der Waals surface area (Å²) in [5.41, 5.74) is 0.0607. The Balaban J connectivity index is 2.95. The first-order chi connectivity index (χ1) is 7.41. The van der Waals surface area contributed by atoms with Crippen LogP contribution in [0.3, 0.4) is 0 Å². The van der Waals surface area contributed by atoms with Crippen LogP contribution in [-0.2, 0) is 16.0 Å². The van der Waals surface area contributed by atoms with Gasteiger partial charge in [0.05, 0.1) is 0 Å². The summed E-state index contributed by atoms with van der Waals surface area (Å²) in [6.07, 6.45) is -1.89. The number of Topliss-reactive ketones (excluding diaryl/α,β-unsaturated/α-hetero) is 1. The van der Waals surface area contributed by atoms with Crippen molar-refractivity contribution in [1.82, 2.24) is 4.98 Å². The predicted octanol–water partition coefficient (Wildman–Crippen LogP) is 1.52. The van der Waals surface area contributed by atoms with Crippen LogP contribution in [0.25, 0.3) is 0 Å². The first-order valence-electron chi connectivity index (χ1n) is 4.41. The number of aromatic nitrogens is 1. The van der Waals surface area contributed by atoms with E-state index < -0.39 is 24.6 Å². The fourth-order valence-electron chi connectivity index (χ4n) is 1.17. The van der Waals surface area contributed by atoms with Crippen molar-refractivity contribution in [2.75, 3.05) is 0 Å². The van der Waals surface area contributed by atoms with Gasteiger partial charge in [0, 0.05) is 23.9 Å². The smallest absolute Gasteiger partial charge is 0.372 e. The van der Waals surface area contributed by atoms with E-state index in [1.54, 1.807) is 0 Å². The topological polar surface area (TPSA) is 67.3 Å². The van der Waals surface area contributed by atoms with Crippen LogP contribution in [0.15, 0.2) is 12.3 Å². The quantitative estimate of drug-likeness (QED) is 0.795. The molecule has 1 aromatic rings. The summed E-state index contributed by atoms with van der Waals surface area (Å²) >= 11 is 0. The molecule has 0 atom stereocenters. The number of rotatable bonds is 4. The Bertz CT molecular complexity index is 432. The van der Waals surface area contributed by atoms with E-state index in [-0.39, 0.29) is 16.8 Å². The van der Waals surface area contributed by atoms with Gasteiger partial charge in [-0.3, -0.25) is 9.78 Å². The van der Waals surface area contributed by atoms with E-state index in [1.165, 1.54) is 13.1 Å². The summed E-state index contributed by atoms with van der Waals surface area (Å²) in [6, 6.07) is 1.10. The molecule has 0 saturated carbocycles. The third-order valence-electron chi connectivity index (χ3n) is 2.02. The lowest BCUT2D eigenvalue weighted by Crippen LogP contribution is -2.15. The second-order valence-corrected chi connectivity index (χ2v) is 3.22. The van der Waals surface area contributed by atoms with Gasteiger partial charge in [-0.15, -0.1) is 0 Å². The molecular weight excluding hydrogens is 220 g/mol. The number of halogens is 2. The molecule has 0 amide bonds. The normalized spacial score (nSPS) is 10.5. The molecule has 1 rings (SSSR count). The zero-order chi connectivity index (χ0) is 12.3. The zero-order valence-corrected chi connectivity index (χ0v) is 8.41. The van der Waals surface area contributed by atoms with Crippen LogP contribution in [-0.4, -0.2) is 21.8 Å². The third-order valence-corrected chi connectivity index (χ3v) is 2.02. The number of carboxylic acids is 1. The van der Waals surface area contributed by atoms with E-state index in [0.29, 0.717) is 0 Å². The number of hydrogen-bond acceptors (Lipinski definition) is 3. The van der Waals surface area contributed by atoms with Crippen molar-refractivity contribution in [3.8, 4) is 0 Å². The largest absolute Gasteiger partial charge is 0.475 e. The highest BCUT2D eigenvalue weighted by Gasteiger charge is 2.16. The first kappa shape index (κ1) is 12.2. The summed E-state index contributed by atoms with van der Waals surface area (Å²) in [6.45, 7) is 1.42. The number of hydrogen-bond donors (Lipinski definition) is 1. The second kappa shape index (κ2) is 4.78. The maximum absolute atomic E-state index is 12.5.